The van der Waals surface area contributed by atoms with Gasteiger partial charge in [0, 0.05) is 12.1 Å². The van der Waals surface area contributed by atoms with Crippen LogP contribution in [-0.2, 0) is 0 Å². The Morgan fingerprint density at radius 1 is 1.17 bits per heavy atom. The monoisotopic (exact) mass is 244 g/mol. The van der Waals surface area contributed by atoms with Crippen molar-refractivity contribution in [1.82, 2.24) is 4.90 Å². The lowest BCUT2D eigenvalue weighted by atomic mass is 9.92. The Morgan fingerprint density at radius 3 is 2.56 bits per heavy atom. The molecule has 2 N–H and O–H groups in total. The van der Waals surface area contributed by atoms with E-state index in [0.29, 0.717) is 12.0 Å². The molecule has 0 spiro atoms. The third-order valence-corrected chi connectivity index (χ3v) is 4.75. The maximum Gasteiger partial charge on any atom is 0.0391 e. The highest BCUT2D eigenvalue weighted by molar-refractivity contribution is 5.33. The Labute approximate surface area is 110 Å². The van der Waals surface area contributed by atoms with E-state index in [0.717, 1.165) is 12.6 Å². The molecule has 98 valence electrons. The molecule has 3 rings (SSSR count). The van der Waals surface area contributed by atoms with E-state index in [1.165, 1.54) is 42.5 Å². The maximum atomic E-state index is 5.99. The van der Waals surface area contributed by atoms with Crippen LogP contribution in [0.1, 0.15) is 42.0 Å². The first-order valence-electron chi connectivity index (χ1n) is 7.23. The Balaban J connectivity index is 1.92. The van der Waals surface area contributed by atoms with Crippen molar-refractivity contribution >= 4 is 0 Å². The van der Waals surface area contributed by atoms with Crippen molar-refractivity contribution in [3.8, 4) is 0 Å². The smallest absolute Gasteiger partial charge is 0.0391 e. The van der Waals surface area contributed by atoms with E-state index in [-0.39, 0.29) is 0 Å². The highest BCUT2D eigenvalue weighted by atomic mass is 15.2. The maximum absolute atomic E-state index is 5.99. The van der Waals surface area contributed by atoms with Crippen LogP contribution in [0.15, 0.2) is 18.2 Å². The third-order valence-electron chi connectivity index (χ3n) is 4.75. The zero-order valence-electron chi connectivity index (χ0n) is 11.5. The molecule has 2 aliphatic rings. The van der Waals surface area contributed by atoms with Gasteiger partial charge in [-0.3, -0.25) is 4.90 Å². The summed E-state index contributed by atoms with van der Waals surface area (Å²) in [6.07, 6.45) is 4.04. The summed E-state index contributed by atoms with van der Waals surface area (Å²) in [7, 11) is 0. The summed E-state index contributed by atoms with van der Waals surface area (Å²) in [5.74, 6) is 0.646. The van der Waals surface area contributed by atoms with Crippen LogP contribution in [0.2, 0.25) is 0 Å². The second-order valence-corrected chi connectivity index (χ2v) is 6.04. The number of likely N-dealkylation sites (tertiary alicyclic amines) is 1. The lowest BCUT2D eigenvalue weighted by Crippen LogP contribution is -2.30. The fourth-order valence-electron chi connectivity index (χ4n) is 3.36. The van der Waals surface area contributed by atoms with Gasteiger partial charge in [0.15, 0.2) is 0 Å². The van der Waals surface area contributed by atoms with Crippen LogP contribution in [0.5, 0.6) is 0 Å². The highest BCUT2D eigenvalue weighted by Crippen LogP contribution is 2.43. The van der Waals surface area contributed by atoms with E-state index in [1.807, 2.05) is 0 Å². The molecule has 0 amide bonds. The van der Waals surface area contributed by atoms with Crippen molar-refractivity contribution in [2.24, 2.45) is 11.7 Å². The summed E-state index contributed by atoms with van der Waals surface area (Å²) in [6, 6.07) is 8.37. The Hall–Kier alpha value is -0.860. The lowest BCUT2D eigenvalue weighted by molar-refractivity contribution is 0.220. The molecule has 1 heterocycles. The van der Waals surface area contributed by atoms with Gasteiger partial charge in [0.25, 0.3) is 0 Å². The van der Waals surface area contributed by atoms with Crippen LogP contribution in [-0.4, -0.2) is 24.0 Å². The van der Waals surface area contributed by atoms with E-state index in [9.17, 15) is 0 Å². The SMILES string of the molecule is Cc1ccc(C2C(CN)CCN2C2CC2)cc1C. The van der Waals surface area contributed by atoms with Gasteiger partial charge in [-0.25, -0.2) is 0 Å². The molecule has 2 nitrogen and oxygen atoms in total. The van der Waals surface area contributed by atoms with Gasteiger partial charge in [-0.2, -0.15) is 0 Å². The lowest BCUT2D eigenvalue weighted by Gasteiger charge is -2.28. The Morgan fingerprint density at radius 2 is 1.94 bits per heavy atom. The molecule has 1 saturated carbocycles. The molecule has 0 bridgehead atoms. The van der Waals surface area contributed by atoms with Crippen LogP contribution in [0, 0.1) is 19.8 Å². The number of hydrogen-bond acceptors (Lipinski definition) is 2. The van der Waals surface area contributed by atoms with Crippen LogP contribution < -0.4 is 5.73 Å². The van der Waals surface area contributed by atoms with Crippen LogP contribution >= 0.6 is 0 Å². The van der Waals surface area contributed by atoms with Gasteiger partial charge in [-0.05, 0) is 68.8 Å². The van der Waals surface area contributed by atoms with Crippen molar-refractivity contribution in [1.29, 1.82) is 0 Å². The molecule has 2 heteroatoms. The van der Waals surface area contributed by atoms with Gasteiger partial charge < -0.3 is 5.73 Å². The van der Waals surface area contributed by atoms with Gasteiger partial charge in [0.1, 0.15) is 0 Å². The average molecular weight is 244 g/mol. The molecule has 2 unspecified atom stereocenters. The van der Waals surface area contributed by atoms with Gasteiger partial charge in [0.05, 0.1) is 0 Å². The molecule has 1 aromatic carbocycles. The minimum atomic E-state index is 0.571. The molecule has 0 aromatic heterocycles. The van der Waals surface area contributed by atoms with Crippen molar-refractivity contribution in [3.05, 3.63) is 34.9 Å². The molecule has 18 heavy (non-hydrogen) atoms. The van der Waals surface area contributed by atoms with Crippen molar-refractivity contribution in [3.63, 3.8) is 0 Å². The quantitative estimate of drug-likeness (QED) is 0.886. The standard InChI is InChI=1S/C16H24N2/c1-11-3-4-13(9-12(11)2)16-14(10-17)7-8-18(16)15-5-6-15/h3-4,9,14-16H,5-8,10,17H2,1-2H3. The number of aryl methyl sites for hydroxylation is 2. The third kappa shape index (κ3) is 2.08. The summed E-state index contributed by atoms with van der Waals surface area (Å²) in [5, 5.41) is 0. The Bertz CT molecular complexity index is 437. The van der Waals surface area contributed by atoms with Gasteiger partial charge in [-0.1, -0.05) is 18.2 Å². The molecule has 1 saturated heterocycles. The first kappa shape index (κ1) is 12.2. The fraction of sp³-hybridized carbons (Fsp3) is 0.625. The van der Waals surface area contributed by atoms with Gasteiger partial charge >= 0.3 is 0 Å². The van der Waals surface area contributed by atoms with E-state index < -0.39 is 0 Å². The molecule has 1 aliphatic heterocycles. The predicted octanol–water partition coefficient (Wildman–Crippen LogP) is 2.79. The zero-order valence-corrected chi connectivity index (χ0v) is 11.5. The van der Waals surface area contributed by atoms with Gasteiger partial charge in [-0.15, -0.1) is 0 Å². The molecule has 2 fully saturated rings. The predicted molar refractivity (Wildman–Crippen MR) is 75.5 cm³/mol. The minimum Gasteiger partial charge on any atom is -0.330 e. The second kappa shape index (κ2) is 4.67. The largest absolute Gasteiger partial charge is 0.330 e. The number of nitrogens with zero attached hydrogens (tertiary/aromatic N) is 1. The normalized spacial score (nSPS) is 28.8. The summed E-state index contributed by atoms with van der Waals surface area (Å²) in [4.78, 5) is 2.71. The van der Waals surface area contributed by atoms with E-state index in [4.69, 9.17) is 5.73 Å². The number of rotatable bonds is 3. The van der Waals surface area contributed by atoms with Crippen molar-refractivity contribution in [2.45, 2.75) is 45.2 Å². The Kier molecular flexibility index (Phi) is 3.16. The molecule has 1 aromatic rings. The van der Waals surface area contributed by atoms with Crippen molar-refractivity contribution < 1.29 is 0 Å². The minimum absolute atomic E-state index is 0.571. The zero-order chi connectivity index (χ0) is 12.7. The molecule has 1 aliphatic carbocycles. The first-order valence-corrected chi connectivity index (χ1v) is 7.23. The number of nitrogens with two attached hydrogens (primary N) is 1. The van der Waals surface area contributed by atoms with E-state index in [2.05, 4.69) is 36.9 Å². The molecule has 0 radical (unpaired) electrons. The molecular weight excluding hydrogens is 220 g/mol. The fourth-order valence-corrected chi connectivity index (χ4v) is 3.36. The average Bonchev–Trinajstić information content (AvgIpc) is 3.12. The van der Waals surface area contributed by atoms with Crippen LogP contribution in [0.3, 0.4) is 0 Å². The molecular formula is C16H24N2. The van der Waals surface area contributed by atoms with Crippen LogP contribution in [0.4, 0.5) is 0 Å². The number of benzene rings is 1. The molecule has 2 atom stereocenters. The van der Waals surface area contributed by atoms with Gasteiger partial charge in [0.2, 0.25) is 0 Å². The topological polar surface area (TPSA) is 29.3 Å². The van der Waals surface area contributed by atoms with Crippen LogP contribution in [0.25, 0.3) is 0 Å². The van der Waals surface area contributed by atoms with Crippen molar-refractivity contribution in [2.75, 3.05) is 13.1 Å². The summed E-state index contributed by atoms with van der Waals surface area (Å²) in [5.41, 5.74) is 10.3. The summed E-state index contributed by atoms with van der Waals surface area (Å²) < 4.78 is 0. The summed E-state index contributed by atoms with van der Waals surface area (Å²) in [6.45, 7) is 6.46. The highest BCUT2D eigenvalue weighted by Gasteiger charge is 2.41. The summed E-state index contributed by atoms with van der Waals surface area (Å²) >= 11 is 0. The second-order valence-electron chi connectivity index (χ2n) is 6.04. The van der Waals surface area contributed by atoms with E-state index >= 15 is 0 Å². The van der Waals surface area contributed by atoms with E-state index in [1.54, 1.807) is 0 Å². The first-order chi connectivity index (χ1) is 8.70. The number of hydrogen-bond donors (Lipinski definition) is 1.